The molecule has 0 saturated heterocycles. The van der Waals surface area contributed by atoms with Gasteiger partial charge in [0.2, 0.25) is 0 Å². The molecule has 3 rings (SSSR count). The number of hydrogen-bond acceptors (Lipinski definition) is 0. The van der Waals surface area contributed by atoms with Crippen LogP contribution in [0.15, 0.2) is 66.7 Å². The first-order valence-electron chi connectivity index (χ1n) is 5.59. The maximum absolute atomic E-state index is 11.1. The molecule has 0 aliphatic heterocycles. The van der Waals surface area contributed by atoms with Gasteiger partial charge in [-0.1, -0.05) is 48.5 Å². The first-order chi connectivity index (χ1) is 8.33. The molecule has 0 heterocycles. The highest BCUT2D eigenvalue weighted by atomic mass is 16.3. The molecule has 0 fully saturated rings. The van der Waals surface area contributed by atoms with Gasteiger partial charge in [0, 0.05) is 0 Å². The van der Waals surface area contributed by atoms with Crippen LogP contribution < -0.4 is 0 Å². The van der Waals surface area contributed by atoms with Gasteiger partial charge >= 0.3 is 0 Å². The summed E-state index contributed by atoms with van der Waals surface area (Å²) in [5.74, 6) is 0.0505. The summed E-state index contributed by atoms with van der Waals surface area (Å²) in [5.41, 5.74) is 2.22. The van der Waals surface area contributed by atoms with Crippen LogP contribution in [0.25, 0.3) is 21.9 Å². The van der Waals surface area contributed by atoms with E-state index in [9.17, 15) is 5.11 Å². The minimum Gasteiger partial charge on any atom is -0.290 e. The molecule has 0 unspecified atom stereocenters. The SMILES string of the molecule is [O]c1ccc(-c2ccc3ccccc3c2)cc1. The second kappa shape index (κ2) is 3.95. The van der Waals surface area contributed by atoms with E-state index in [1.54, 1.807) is 12.1 Å². The van der Waals surface area contributed by atoms with E-state index < -0.39 is 0 Å². The van der Waals surface area contributed by atoms with E-state index in [0.29, 0.717) is 0 Å². The monoisotopic (exact) mass is 219 g/mol. The lowest BCUT2D eigenvalue weighted by molar-refractivity contribution is 0.355. The summed E-state index contributed by atoms with van der Waals surface area (Å²) in [4.78, 5) is 0. The smallest absolute Gasteiger partial charge is 0.178 e. The minimum atomic E-state index is 0.0505. The molecule has 0 N–H and O–H groups in total. The van der Waals surface area contributed by atoms with Gasteiger partial charge in [-0.15, -0.1) is 0 Å². The lowest BCUT2D eigenvalue weighted by atomic mass is 10.0. The molecule has 1 radical (unpaired) electrons. The number of rotatable bonds is 1. The summed E-state index contributed by atoms with van der Waals surface area (Å²) in [6.07, 6.45) is 0. The molecule has 81 valence electrons. The Bertz CT molecular complexity index is 654. The standard InChI is InChI=1S/C16H11O/c17-16-9-7-13(8-10-16)15-6-5-12-3-1-2-4-14(12)11-15/h1-11H. The van der Waals surface area contributed by atoms with Crippen LogP contribution in [0, 0.1) is 0 Å². The number of benzene rings is 3. The largest absolute Gasteiger partial charge is 0.290 e. The van der Waals surface area contributed by atoms with Crippen LogP contribution in [-0.2, 0) is 5.11 Å². The average Bonchev–Trinajstić information content (AvgIpc) is 2.39. The van der Waals surface area contributed by atoms with Crippen LogP contribution in [-0.4, -0.2) is 0 Å². The van der Waals surface area contributed by atoms with Crippen LogP contribution in [0.1, 0.15) is 0 Å². The predicted molar refractivity (Wildman–Crippen MR) is 69.5 cm³/mol. The van der Waals surface area contributed by atoms with Gasteiger partial charge in [-0.2, -0.15) is 0 Å². The Morgan fingerprint density at radius 3 is 2.00 bits per heavy atom. The lowest BCUT2D eigenvalue weighted by Gasteiger charge is -2.03. The molecular weight excluding hydrogens is 208 g/mol. The zero-order valence-electron chi connectivity index (χ0n) is 9.26. The van der Waals surface area contributed by atoms with Crippen molar-refractivity contribution in [2.24, 2.45) is 0 Å². The molecule has 1 nitrogen and oxygen atoms in total. The third-order valence-electron chi connectivity index (χ3n) is 2.94. The fourth-order valence-electron chi connectivity index (χ4n) is 2.02. The summed E-state index contributed by atoms with van der Waals surface area (Å²) in [7, 11) is 0. The van der Waals surface area contributed by atoms with E-state index in [-0.39, 0.29) is 5.75 Å². The van der Waals surface area contributed by atoms with E-state index in [1.807, 2.05) is 24.3 Å². The first kappa shape index (κ1) is 9.91. The third-order valence-corrected chi connectivity index (χ3v) is 2.94. The first-order valence-corrected chi connectivity index (χ1v) is 5.59. The van der Waals surface area contributed by atoms with Gasteiger partial charge in [0.15, 0.2) is 5.75 Å². The zero-order chi connectivity index (χ0) is 11.7. The van der Waals surface area contributed by atoms with Gasteiger partial charge in [0.1, 0.15) is 0 Å². The highest BCUT2D eigenvalue weighted by molar-refractivity contribution is 5.87. The molecule has 0 amide bonds. The Morgan fingerprint density at radius 1 is 0.588 bits per heavy atom. The van der Waals surface area contributed by atoms with Gasteiger partial charge < -0.3 is 0 Å². The fourth-order valence-corrected chi connectivity index (χ4v) is 2.02. The zero-order valence-corrected chi connectivity index (χ0v) is 9.26. The highest BCUT2D eigenvalue weighted by Crippen LogP contribution is 2.25. The topological polar surface area (TPSA) is 19.9 Å². The molecule has 1 heteroatoms. The Kier molecular flexibility index (Phi) is 2.30. The van der Waals surface area contributed by atoms with Crippen molar-refractivity contribution in [2.45, 2.75) is 0 Å². The third kappa shape index (κ3) is 1.87. The Morgan fingerprint density at radius 2 is 1.24 bits per heavy atom. The summed E-state index contributed by atoms with van der Waals surface area (Å²) >= 11 is 0. The lowest BCUT2D eigenvalue weighted by Crippen LogP contribution is -1.78. The van der Waals surface area contributed by atoms with E-state index >= 15 is 0 Å². The van der Waals surface area contributed by atoms with Gasteiger partial charge in [-0.05, 0) is 40.1 Å². The van der Waals surface area contributed by atoms with Crippen molar-refractivity contribution in [1.29, 1.82) is 0 Å². The van der Waals surface area contributed by atoms with Crippen molar-refractivity contribution in [1.82, 2.24) is 0 Å². The Hall–Kier alpha value is -2.28. The van der Waals surface area contributed by atoms with Crippen molar-refractivity contribution in [2.75, 3.05) is 0 Å². The van der Waals surface area contributed by atoms with Crippen LogP contribution >= 0.6 is 0 Å². The molecule has 0 aromatic heterocycles. The van der Waals surface area contributed by atoms with Crippen LogP contribution in [0.4, 0.5) is 0 Å². The predicted octanol–water partition coefficient (Wildman–Crippen LogP) is 4.65. The van der Waals surface area contributed by atoms with Crippen LogP contribution in [0.5, 0.6) is 5.75 Å². The fraction of sp³-hybridized carbons (Fsp3) is 0. The molecule has 0 aliphatic carbocycles. The summed E-state index contributed by atoms with van der Waals surface area (Å²) in [5, 5.41) is 13.5. The van der Waals surface area contributed by atoms with Crippen LogP contribution in [0.3, 0.4) is 0 Å². The van der Waals surface area contributed by atoms with Gasteiger partial charge in [-0.25, -0.2) is 0 Å². The van der Waals surface area contributed by atoms with Gasteiger partial charge in [0.25, 0.3) is 0 Å². The summed E-state index contributed by atoms with van der Waals surface area (Å²) in [6.45, 7) is 0. The highest BCUT2D eigenvalue weighted by Gasteiger charge is 1.99. The maximum Gasteiger partial charge on any atom is 0.178 e. The molecule has 0 spiro atoms. The van der Waals surface area contributed by atoms with E-state index in [1.165, 1.54) is 10.8 Å². The molecule has 3 aromatic carbocycles. The van der Waals surface area contributed by atoms with Gasteiger partial charge in [0.05, 0.1) is 0 Å². The quantitative estimate of drug-likeness (QED) is 0.567. The number of hydrogen-bond donors (Lipinski definition) is 0. The van der Waals surface area contributed by atoms with Crippen molar-refractivity contribution in [3.05, 3.63) is 66.7 Å². The molecule has 0 saturated carbocycles. The van der Waals surface area contributed by atoms with Crippen molar-refractivity contribution in [3.8, 4) is 16.9 Å². The van der Waals surface area contributed by atoms with Crippen LogP contribution in [0.2, 0.25) is 0 Å². The molecule has 0 atom stereocenters. The maximum atomic E-state index is 11.1. The second-order valence-corrected chi connectivity index (χ2v) is 4.09. The normalized spacial score (nSPS) is 10.6. The minimum absolute atomic E-state index is 0.0505. The molecule has 17 heavy (non-hydrogen) atoms. The second-order valence-electron chi connectivity index (χ2n) is 4.09. The summed E-state index contributed by atoms with van der Waals surface area (Å²) in [6, 6.07) is 21.5. The Balaban J connectivity index is 2.14. The molecule has 0 bridgehead atoms. The van der Waals surface area contributed by atoms with Gasteiger partial charge in [-0.3, -0.25) is 5.11 Å². The van der Waals surface area contributed by atoms with Crippen molar-refractivity contribution >= 4 is 10.8 Å². The molecule has 3 aromatic rings. The van der Waals surface area contributed by atoms with Crippen molar-refractivity contribution in [3.63, 3.8) is 0 Å². The molecule has 0 aliphatic rings. The van der Waals surface area contributed by atoms with Crippen molar-refractivity contribution < 1.29 is 5.11 Å². The van der Waals surface area contributed by atoms with E-state index in [2.05, 4.69) is 30.3 Å². The summed E-state index contributed by atoms with van der Waals surface area (Å²) < 4.78 is 0. The van der Waals surface area contributed by atoms with E-state index in [4.69, 9.17) is 0 Å². The Labute approximate surface area is 100.0 Å². The number of fused-ring (bicyclic) bond motifs is 1. The molecular formula is C16H11O. The van der Waals surface area contributed by atoms with E-state index in [0.717, 1.165) is 11.1 Å². The average molecular weight is 219 g/mol.